The summed E-state index contributed by atoms with van der Waals surface area (Å²) < 4.78 is 5.74. The second-order valence-corrected chi connectivity index (χ2v) is 4.87. The van der Waals surface area contributed by atoms with Crippen LogP contribution in [0.3, 0.4) is 0 Å². The third kappa shape index (κ3) is 3.02. The number of pyridine rings is 1. The highest BCUT2D eigenvalue weighted by Gasteiger charge is 2.09. The first-order valence-corrected chi connectivity index (χ1v) is 6.66. The maximum Gasteiger partial charge on any atom is 0.299 e. The van der Waals surface area contributed by atoms with Gasteiger partial charge >= 0.3 is 0 Å². The van der Waals surface area contributed by atoms with E-state index < -0.39 is 0 Å². The Morgan fingerprint density at radius 1 is 1.33 bits per heavy atom. The smallest absolute Gasteiger partial charge is 0.299 e. The van der Waals surface area contributed by atoms with Gasteiger partial charge in [0.2, 0.25) is 0 Å². The van der Waals surface area contributed by atoms with E-state index >= 15 is 0 Å². The van der Waals surface area contributed by atoms with Gasteiger partial charge in [-0.3, -0.25) is 4.98 Å². The van der Waals surface area contributed by atoms with E-state index in [9.17, 15) is 0 Å². The van der Waals surface area contributed by atoms with Crippen molar-refractivity contribution in [1.29, 1.82) is 0 Å². The average molecular weight is 264 g/mol. The van der Waals surface area contributed by atoms with E-state index in [1.807, 2.05) is 26.1 Å². The molecule has 18 heavy (non-hydrogen) atoms. The van der Waals surface area contributed by atoms with Crippen LogP contribution in [0.5, 0.6) is 10.9 Å². The van der Waals surface area contributed by atoms with Gasteiger partial charge in [0.25, 0.3) is 5.19 Å². The van der Waals surface area contributed by atoms with Gasteiger partial charge in [-0.1, -0.05) is 23.4 Å². The van der Waals surface area contributed by atoms with Crippen molar-refractivity contribution in [2.24, 2.45) is 0 Å². The van der Waals surface area contributed by atoms with Crippen LogP contribution in [0.1, 0.15) is 23.3 Å². The van der Waals surface area contributed by atoms with E-state index in [2.05, 4.69) is 27.4 Å². The molecule has 2 aromatic rings. The Labute approximate surface area is 110 Å². The van der Waals surface area contributed by atoms with E-state index in [1.54, 1.807) is 0 Å². The summed E-state index contributed by atoms with van der Waals surface area (Å²) in [6.45, 7) is 4.73. The molecule has 96 valence electrons. The Balaban J connectivity index is 2.17. The summed E-state index contributed by atoms with van der Waals surface area (Å²) in [5.41, 5.74) is 1.94. The molecule has 0 bridgehead atoms. The molecule has 0 spiro atoms. The summed E-state index contributed by atoms with van der Waals surface area (Å²) in [7, 11) is 1.88. The predicted molar refractivity (Wildman–Crippen MR) is 71.1 cm³/mol. The van der Waals surface area contributed by atoms with Crippen LogP contribution in [0.2, 0.25) is 0 Å². The Bertz CT molecular complexity index is 527. The lowest BCUT2D eigenvalue weighted by Crippen LogP contribution is -2.04. The highest BCUT2D eigenvalue weighted by Crippen LogP contribution is 2.27. The first-order valence-electron chi connectivity index (χ1n) is 5.84. The quantitative estimate of drug-likeness (QED) is 0.898. The third-order valence-electron chi connectivity index (χ3n) is 2.38. The van der Waals surface area contributed by atoms with Gasteiger partial charge in [-0.2, -0.15) is 0 Å². The molecule has 2 aromatic heterocycles. The largest absolute Gasteiger partial charge is 0.428 e. The number of aryl methyl sites for hydroxylation is 2. The van der Waals surface area contributed by atoms with Gasteiger partial charge in [-0.25, -0.2) is 0 Å². The predicted octanol–water partition coefficient (Wildman–Crippen LogP) is 2.32. The Morgan fingerprint density at radius 3 is 2.89 bits per heavy atom. The fourth-order valence-electron chi connectivity index (χ4n) is 1.54. The van der Waals surface area contributed by atoms with Gasteiger partial charge in [0.15, 0.2) is 5.75 Å². The standard InChI is InChI=1S/C12H16N4OS/c1-4-9-10(6-5-8(2)14-9)17-12-16-15-11(18-12)7-13-3/h5-6,13H,4,7H2,1-3H3. The van der Waals surface area contributed by atoms with Gasteiger partial charge in [0, 0.05) is 12.2 Å². The molecule has 5 nitrogen and oxygen atoms in total. The average Bonchev–Trinajstić information content (AvgIpc) is 2.79. The topological polar surface area (TPSA) is 59.9 Å². The fraction of sp³-hybridized carbons (Fsp3) is 0.417. The van der Waals surface area contributed by atoms with Crippen molar-refractivity contribution in [3.63, 3.8) is 0 Å². The third-order valence-corrected chi connectivity index (χ3v) is 3.18. The number of aromatic nitrogens is 3. The molecular formula is C12H16N4OS. The molecule has 0 aromatic carbocycles. The molecule has 1 N–H and O–H groups in total. The number of ether oxygens (including phenoxy) is 1. The molecule has 6 heteroatoms. The summed E-state index contributed by atoms with van der Waals surface area (Å²) in [5.74, 6) is 0.759. The summed E-state index contributed by atoms with van der Waals surface area (Å²) >= 11 is 1.44. The first-order chi connectivity index (χ1) is 8.72. The van der Waals surface area contributed by atoms with Crippen LogP contribution in [-0.2, 0) is 13.0 Å². The molecule has 0 aliphatic rings. The molecule has 0 fully saturated rings. The molecule has 0 radical (unpaired) electrons. The van der Waals surface area contributed by atoms with Gasteiger partial charge in [0.1, 0.15) is 5.01 Å². The second kappa shape index (κ2) is 5.88. The van der Waals surface area contributed by atoms with Crippen LogP contribution in [-0.4, -0.2) is 22.2 Å². The lowest BCUT2D eigenvalue weighted by molar-refractivity contribution is 0.463. The highest BCUT2D eigenvalue weighted by atomic mass is 32.1. The number of nitrogens with one attached hydrogen (secondary N) is 1. The van der Waals surface area contributed by atoms with E-state index in [0.717, 1.165) is 28.6 Å². The molecule has 0 aliphatic carbocycles. The minimum atomic E-state index is 0.556. The maximum absolute atomic E-state index is 5.74. The van der Waals surface area contributed by atoms with Crippen molar-refractivity contribution >= 4 is 11.3 Å². The number of nitrogens with zero attached hydrogens (tertiary/aromatic N) is 3. The van der Waals surface area contributed by atoms with Crippen molar-refractivity contribution in [1.82, 2.24) is 20.5 Å². The summed E-state index contributed by atoms with van der Waals surface area (Å²) in [6.07, 6.45) is 0.833. The van der Waals surface area contributed by atoms with Crippen LogP contribution in [0.25, 0.3) is 0 Å². The number of rotatable bonds is 5. The molecule has 0 aliphatic heterocycles. The second-order valence-electron chi connectivity index (χ2n) is 3.85. The normalized spacial score (nSPS) is 10.6. The van der Waals surface area contributed by atoms with E-state index in [-0.39, 0.29) is 0 Å². The van der Waals surface area contributed by atoms with E-state index in [4.69, 9.17) is 4.74 Å². The van der Waals surface area contributed by atoms with Gasteiger partial charge in [-0.05, 0) is 32.5 Å². The first kappa shape index (κ1) is 12.9. The van der Waals surface area contributed by atoms with Crippen molar-refractivity contribution in [3.8, 4) is 10.9 Å². The molecule has 0 unspecified atom stereocenters. The van der Waals surface area contributed by atoms with Crippen LogP contribution >= 0.6 is 11.3 Å². The minimum absolute atomic E-state index is 0.556. The number of hydrogen-bond acceptors (Lipinski definition) is 6. The van der Waals surface area contributed by atoms with Gasteiger partial charge in [-0.15, -0.1) is 5.10 Å². The van der Waals surface area contributed by atoms with Crippen LogP contribution < -0.4 is 10.1 Å². The van der Waals surface area contributed by atoms with Crippen molar-refractivity contribution in [2.75, 3.05) is 7.05 Å². The monoisotopic (exact) mass is 264 g/mol. The fourth-order valence-corrected chi connectivity index (χ4v) is 2.25. The van der Waals surface area contributed by atoms with Crippen LogP contribution in [0.4, 0.5) is 0 Å². The zero-order chi connectivity index (χ0) is 13.0. The Hall–Kier alpha value is -1.53. The molecule has 0 atom stereocenters. The molecule has 0 saturated carbocycles. The SMILES string of the molecule is CCc1nc(C)ccc1Oc1nnc(CNC)s1. The molecule has 0 amide bonds. The van der Waals surface area contributed by atoms with Crippen molar-refractivity contribution < 1.29 is 4.74 Å². The number of hydrogen-bond donors (Lipinski definition) is 1. The van der Waals surface area contributed by atoms with Crippen molar-refractivity contribution in [3.05, 3.63) is 28.5 Å². The van der Waals surface area contributed by atoms with Crippen LogP contribution in [0, 0.1) is 6.92 Å². The zero-order valence-corrected chi connectivity index (χ0v) is 11.5. The molecule has 2 heterocycles. The van der Waals surface area contributed by atoms with E-state index in [1.165, 1.54) is 11.3 Å². The minimum Gasteiger partial charge on any atom is -0.428 e. The lowest BCUT2D eigenvalue weighted by Gasteiger charge is -2.06. The molecule has 2 rings (SSSR count). The maximum atomic E-state index is 5.74. The van der Waals surface area contributed by atoms with Crippen LogP contribution in [0.15, 0.2) is 12.1 Å². The summed E-state index contributed by atoms with van der Waals surface area (Å²) in [5, 5.41) is 12.5. The molecular weight excluding hydrogens is 248 g/mol. The van der Waals surface area contributed by atoms with E-state index in [0.29, 0.717) is 11.7 Å². The Kier molecular flexibility index (Phi) is 4.22. The highest BCUT2D eigenvalue weighted by molar-refractivity contribution is 7.13. The molecule has 0 saturated heterocycles. The van der Waals surface area contributed by atoms with Gasteiger partial charge in [0.05, 0.1) is 5.69 Å². The lowest BCUT2D eigenvalue weighted by atomic mass is 10.2. The summed E-state index contributed by atoms with van der Waals surface area (Å²) in [6, 6.07) is 3.87. The summed E-state index contributed by atoms with van der Waals surface area (Å²) in [4.78, 5) is 4.45. The van der Waals surface area contributed by atoms with Gasteiger partial charge < -0.3 is 10.1 Å². The Morgan fingerprint density at radius 2 is 2.17 bits per heavy atom. The zero-order valence-electron chi connectivity index (χ0n) is 10.7. The van der Waals surface area contributed by atoms with Crippen molar-refractivity contribution in [2.45, 2.75) is 26.8 Å².